The monoisotopic (exact) mass is 375 g/mol. The molecule has 2 rings (SSSR count). The lowest BCUT2D eigenvalue weighted by Crippen LogP contribution is -2.54. The van der Waals surface area contributed by atoms with Gasteiger partial charge in [-0.3, -0.25) is 9.69 Å². The average molecular weight is 376 g/mol. The topological polar surface area (TPSA) is 67.9 Å². The first-order valence-corrected chi connectivity index (χ1v) is 9.65. The van der Waals surface area contributed by atoms with Gasteiger partial charge < -0.3 is 20.4 Å². The molecule has 1 fully saturated rings. The Kier molecular flexibility index (Phi) is 8.06. The summed E-state index contributed by atoms with van der Waals surface area (Å²) in [7, 11) is 4.05. The number of hydrogen-bond acceptors (Lipinski definition) is 4. The number of nitrogens with zero attached hydrogens (tertiary/aromatic N) is 3. The molecule has 3 amide bonds. The molecule has 27 heavy (non-hydrogen) atoms. The van der Waals surface area contributed by atoms with Crippen molar-refractivity contribution in [3.8, 4) is 0 Å². The molecule has 0 spiro atoms. The number of carbonyl (C=O) groups excluding carboxylic acids is 2. The molecule has 7 nitrogen and oxygen atoms in total. The van der Waals surface area contributed by atoms with E-state index in [2.05, 4.69) is 51.6 Å². The van der Waals surface area contributed by atoms with Crippen LogP contribution in [0.3, 0.4) is 0 Å². The van der Waals surface area contributed by atoms with E-state index in [-0.39, 0.29) is 18.0 Å². The zero-order valence-corrected chi connectivity index (χ0v) is 17.0. The minimum atomic E-state index is -0.0355. The van der Waals surface area contributed by atoms with E-state index in [1.165, 1.54) is 11.1 Å². The number of hydrogen-bond donors (Lipinski definition) is 2. The van der Waals surface area contributed by atoms with Crippen LogP contribution in [0.1, 0.15) is 24.1 Å². The smallest absolute Gasteiger partial charge is 0.317 e. The molecule has 0 aliphatic carbocycles. The Hall–Kier alpha value is -2.12. The largest absolute Gasteiger partial charge is 0.355 e. The van der Waals surface area contributed by atoms with E-state index >= 15 is 0 Å². The van der Waals surface area contributed by atoms with Crippen LogP contribution in [-0.4, -0.2) is 86.5 Å². The lowest BCUT2D eigenvalue weighted by atomic mass is 10.0. The van der Waals surface area contributed by atoms with Crippen LogP contribution in [0.15, 0.2) is 24.3 Å². The van der Waals surface area contributed by atoms with E-state index in [1.807, 2.05) is 25.9 Å². The van der Waals surface area contributed by atoms with Gasteiger partial charge in [-0.25, -0.2) is 4.79 Å². The SMILES string of the molecule is CCNC(=O)CN1CCN(C(=O)NCC(c2ccc(C)cc2)N(C)C)CC1. The fourth-order valence-corrected chi connectivity index (χ4v) is 3.25. The van der Waals surface area contributed by atoms with E-state index in [9.17, 15) is 9.59 Å². The van der Waals surface area contributed by atoms with Crippen LogP contribution < -0.4 is 10.6 Å². The Morgan fingerprint density at radius 2 is 1.70 bits per heavy atom. The summed E-state index contributed by atoms with van der Waals surface area (Å²) in [5.41, 5.74) is 2.42. The van der Waals surface area contributed by atoms with Gasteiger partial charge >= 0.3 is 6.03 Å². The van der Waals surface area contributed by atoms with Gasteiger partial charge in [-0.2, -0.15) is 0 Å². The van der Waals surface area contributed by atoms with Crippen molar-refractivity contribution in [3.05, 3.63) is 35.4 Å². The molecule has 2 N–H and O–H groups in total. The fraction of sp³-hybridized carbons (Fsp3) is 0.600. The van der Waals surface area contributed by atoms with Crippen LogP contribution in [0.2, 0.25) is 0 Å². The second kappa shape index (κ2) is 10.3. The highest BCUT2D eigenvalue weighted by Crippen LogP contribution is 2.18. The maximum Gasteiger partial charge on any atom is 0.317 e. The third kappa shape index (κ3) is 6.52. The Balaban J connectivity index is 1.81. The third-order valence-electron chi connectivity index (χ3n) is 4.93. The van der Waals surface area contributed by atoms with Crippen LogP contribution in [0.4, 0.5) is 4.79 Å². The van der Waals surface area contributed by atoms with Crippen molar-refractivity contribution in [2.24, 2.45) is 0 Å². The van der Waals surface area contributed by atoms with Gasteiger partial charge in [-0.05, 0) is 33.5 Å². The van der Waals surface area contributed by atoms with E-state index in [4.69, 9.17) is 0 Å². The van der Waals surface area contributed by atoms with E-state index in [0.717, 1.165) is 13.1 Å². The van der Waals surface area contributed by atoms with Crippen molar-refractivity contribution < 1.29 is 9.59 Å². The van der Waals surface area contributed by atoms with Gasteiger partial charge in [0.15, 0.2) is 0 Å². The Labute approximate surface area is 162 Å². The highest BCUT2D eigenvalue weighted by Gasteiger charge is 2.23. The van der Waals surface area contributed by atoms with Gasteiger partial charge in [0.2, 0.25) is 5.91 Å². The highest BCUT2D eigenvalue weighted by atomic mass is 16.2. The second-order valence-corrected chi connectivity index (χ2v) is 7.29. The number of amides is 3. The van der Waals surface area contributed by atoms with Crippen LogP contribution in [0.5, 0.6) is 0 Å². The first kappa shape index (κ1) is 21.2. The molecule has 7 heteroatoms. The second-order valence-electron chi connectivity index (χ2n) is 7.29. The van der Waals surface area contributed by atoms with Crippen molar-refractivity contribution in [1.29, 1.82) is 0 Å². The molecular weight excluding hydrogens is 342 g/mol. The summed E-state index contributed by atoms with van der Waals surface area (Å²) in [6, 6.07) is 8.53. The number of nitrogens with one attached hydrogen (secondary N) is 2. The van der Waals surface area contributed by atoms with Crippen molar-refractivity contribution in [2.45, 2.75) is 19.9 Å². The molecule has 1 aromatic carbocycles. The van der Waals surface area contributed by atoms with Gasteiger partial charge in [0.25, 0.3) is 0 Å². The van der Waals surface area contributed by atoms with Crippen LogP contribution in [0, 0.1) is 6.92 Å². The zero-order chi connectivity index (χ0) is 19.8. The predicted molar refractivity (Wildman–Crippen MR) is 108 cm³/mol. The first-order valence-electron chi connectivity index (χ1n) is 9.65. The van der Waals surface area contributed by atoms with Crippen LogP contribution >= 0.6 is 0 Å². The van der Waals surface area contributed by atoms with E-state index < -0.39 is 0 Å². The van der Waals surface area contributed by atoms with Gasteiger partial charge in [0, 0.05) is 39.3 Å². The number of piperazine rings is 1. The molecule has 1 aliphatic heterocycles. The van der Waals surface area contributed by atoms with Gasteiger partial charge in [0.05, 0.1) is 12.6 Å². The Bertz CT molecular complexity index is 609. The van der Waals surface area contributed by atoms with Gasteiger partial charge in [0.1, 0.15) is 0 Å². The summed E-state index contributed by atoms with van der Waals surface area (Å²) >= 11 is 0. The molecule has 0 saturated carbocycles. The number of aryl methyl sites for hydroxylation is 1. The molecular formula is C20H33N5O2. The molecule has 1 heterocycles. The fourth-order valence-electron chi connectivity index (χ4n) is 3.25. The molecule has 0 bridgehead atoms. The standard InChI is InChI=1S/C20H33N5O2/c1-5-21-19(26)15-24-10-12-25(13-11-24)20(27)22-14-18(23(3)4)17-8-6-16(2)7-9-17/h6-9,18H,5,10-15H2,1-4H3,(H,21,26)(H,22,27). The zero-order valence-electron chi connectivity index (χ0n) is 17.0. The molecule has 150 valence electrons. The summed E-state index contributed by atoms with van der Waals surface area (Å²) in [4.78, 5) is 30.3. The lowest BCUT2D eigenvalue weighted by molar-refractivity contribution is -0.122. The molecule has 1 unspecified atom stereocenters. The van der Waals surface area contributed by atoms with E-state index in [0.29, 0.717) is 32.7 Å². The third-order valence-corrected chi connectivity index (χ3v) is 4.93. The predicted octanol–water partition coefficient (Wildman–Crippen LogP) is 1.06. The number of likely N-dealkylation sites (N-methyl/N-ethyl adjacent to an activating group) is 2. The molecule has 1 atom stereocenters. The van der Waals surface area contributed by atoms with E-state index in [1.54, 1.807) is 0 Å². The number of rotatable bonds is 7. The Morgan fingerprint density at radius 1 is 1.07 bits per heavy atom. The summed E-state index contributed by atoms with van der Waals surface area (Å²) in [6.45, 7) is 8.33. The first-order chi connectivity index (χ1) is 12.9. The normalized spacial score (nSPS) is 16.3. The Morgan fingerprint density at radius 3 is 2.26 bits per heavy atom. The maximum absolute atomic E-state index is 12.5. The number of urea groups is 1. The molecule has 1 aromatic rings. The lowest BCUT2D eigenvalue weighted by Gasteiger charge is -2.35. The summed E-state index contributed by atoms with van der Waals surface area (Å²) in [6.07, 6.45) is 0. The minimum absolute atomic E-state index is 0.0355. The molecule has 0 aromatic heterocycles. The molecule has 1 saturated heterocycles. The van der Waals surface area contributed by atoms with Crippen molar-refractivity contribution in [2.75, 3.05) is 59.9 Å². The van der Waals surface area contributed by atoms with Gasteiger partial charge in [-0.1, -0.05) is 29.8 Å². The van der Waals surface area contributed by atoms with Crippen molar-refractivity contribution in [1.82, 2.24) is 25.3 Å². The van der Waals surface area contributed by atoms with Crippen molar-refractivity contribution >= 4 is 11.9 Å². The number of benzene rings is 1. The highest BCUT2D eigenvalue weighted by molar-refractivity contribution is 5.78. The molecule has 0 radical (unpaired) electrons. The summed E-state index contributed by atoms with van der Waals surface area (Å²) < 4.78 is 0. The van der Waals surface area contributed by atoms with Gasteiger partial charge in [-0.15, -0.1) is 0 Å². The average Bonchev–Trinajstić information content (AvgIpc) is 2.63. The molecule has 1 aliphatic rings. The summed E-state index contributed by atoms with van der Waals surface area (Å²) in [5.74, 6) is 0.0438. The number of carbonyl (C=O) groups is 2. The van der Waals surface area contributed by atoms with Crippen LogP contribution in [-0.2, 0) is 4.79 Å². The minimum Gasteiger partial charge on any atom is -0.355 e. The van der Waals surface area contributed by atoms with Crippen molar-refractivity contribution in [3.63, 3.8) is 0 Å². The van der Waals surface area contributed by atoms with Crippen LogP contribution in [0.25, 0.3) is 0 Å². The quantitative estimate of drug-likeness (QED) is 0.748. The maximum atomic E-state index is 12.5. The summed E-state index contributed by atoms with van der Waals surface area (Å²) in [5, 5.41) is 5.88.